The predicted octanol–water partition coefficient (Wildman–Crippen LogP) is 3.29. The van der Waals surface area contributed by atoms with Gasteiger partial charge in [-0.3, -0.25) is 4.79 Å². The summed E-state index contributed by atoms with van der Waals surface area (Å²) in [4.78, 5) is 18.5. The number of benzene rings is 1. The molecule has 0 saturated carbocycles. The third-order valence-corrected chi connectivity index (χ3v) is 2.97. The fraction of sp³-hybridized carbons (Fsp3) is 0.231. The molecule has 2 aromatic rings. The molecule has 5 heteroatoms. The molecule has 2 rings (SSSR count). The first-order chi connectivity index (χ1) is 8.54. The number of halogens is 1. The van der Waals surface area contributed by atoms with Crippen molar-refractivity contribution in [1.29, 1.82) is 0 Å². The van der Waals surface area contributed by atoms with Crippen LogP contribution in [0.1, 0.15) is 25.6 Å². The van der Waals surface area contributed by atoms with Gasteiger partial charge in [0.25, 0.3) is 5.56 Å². The zero-order chi connectivity index (χ0) is 13.1. The van der Waals surface area contributed by atoms with Crippen LogP contribution >= 0.6 is 22.6 Å². The first-order valence-corrected chi connectivity index (χ1v) is 6.67. The lowest BCUT2D eigenvalue weighted by molar-refractivity contribution is 0.455. The Hall–Kier alpha value is -1.37. The first kappa shape index (κ1) is 13.1. The molecule has 0 aliphatic carbocycles. The lowest BCUT2D eigenvalue weighted by Crippen LogP contribution is -2.11. The van der Waals surface area contributed by atoms with Crippen LogP contribution in [0.2, 0.25) is 0 Å². The maximum Gasteiger partial charge on any atom is 0.254 e. The van der Waals surface area contributed by atoms with Crippen LogP contribution in [0.4, 0.5) is 0 Å². The second-order valence-electron chi connectivity index (χ2n) is 4.18. The van der Waals surface area contributed by atoms with E-state index in [0.717, 1.165) is 3.57 Å². The Morgan fingerprint density at radius 1 is 1.33 bits per heavy atom. The number of ether oxygens (including phenoxy) is 1. The molecular formula is C13H13IN2O2. The average Bonchev–Trinajstić information content (AvgIpc) is 2.28. The minimum absolute atomic E-state index is 0.150. The van der Waals surface area contributed by atoms with Gasteiger partial charge in [-0.1, -0.05) is 19.9 Å². The zero-order valence-electron chi connectivity index (χ0n) is 10.1. The predicted molar refractivity (Wildman–Crippen MR) is 78.2 cm³/mol. The topological polar surface area (TPSA) is 55.0 Å². The van der Waals surface area contributed by atoms with E-state index in [1.165, 1.54) is 6.07 Å². The molecule has 0 fully saturated rings. The van der Waals surface area contributed by atoms with Gasteiger partial charge >= 0.3 is 0 Å². The van der Waals surface area contributed by atoms with Crippen molar-refractivity contribution >= 4 is 22.6 Å². The summed E-state index contributed by atoms with van der Waals surface area (Å²) in [5.41, 5.74) is -0.200. The molecule has 0 atom stereocenters. The second-order valence-corrected chi connectivity index (χ2v) is 5.43. The summed E-state index contributed by atoms with van der Waals surface area (Å²) < 4.78 is 6.66. The fourth-order valence-electron chi connectivity index (χ4n) is 1.43. The highest BCUT2D eigenvalue weighted by Crippen LogP contribution is 2.21. The molecule has 0 saturated heterocycles. The van der Waals surface area contributed by atoms with E-state index in [-0.39, 0.29) is 11.5 Å². The van der Waals surface area contributed by atoms with Crippen molar-refractivity contribution in [3.05, 3.63) is 50.1 Å². The van der Waals surface area contributed by atoms with Crippen LogP contribution in [0.3, 0.4) is 0 Å². The van der Waals surface area contributed by atoms with Gasteiger partial charge in [-0.25, -0.2) is 0 Å². The molecule has 0 spiro atoms. The number of nitrogens with zero attached hydrogens (tertiary/aromatic N) is 1. The van der Waals surface area contributed by atoms with Crippen molar-refractivity contribution in [3.63, 3.8) is 0 Å². The van der Waals surface area contributed by atoms with Crippen LogP contribution in [0.15, 0.2) is 35.1 Å². The molecule has 0 radical (unpaired) electrons. The Labute approximate surface area is 119 Å². The molecule has 0 aliphatic rings. The molecule has 1 heterocycles. The number of rotatable bonds is 3. The van der Waals surface area contributed by atoms with Crippen molar-refractivity contribution in [2.24, 2.45) is 0 Å². The Balaban J connectivity index is 2.32. The Morgan fingerprint density at radius 3 is 2.78 bits per heavy atom. The summed E-state index contributed by atoms with van der Waals surface area (Å²) in [7, 11) is 0. The summed E-state index contributed by atoms with van der Waals surface area (Å²) in [5.74, 6) is 1.78. The van der Waals surface area contributed by atoms with Gasteiger partial charge in [0.1, 0.15) is 11.6 Å². The number of nitrogens with one attached hydrogen (secondary N) is 1. The van der Waals surface area contributed by atoms with Gasteiger partial charge in [0.05, 0.1) is 6.07 Å². The van der Waals surface area contributed by atoms with Gasteiger partial charge < -0.3 is 9.72 Å². The standard InChI is InChI=1S/C13H13IN2O2/c1-8(2)13-15-11(17)7-12(16-13)18-10-5-3-4-9(14)6-10/h3-8H,1-2H3,(H,15,16,17). The quantitative estimate of drug-likeness (QED) is 0.859. The molecule has 0 amide bonds. The van der Waals surface area contributed by atoms with E-state index in [2.05, 4.69) is 32.6 Å². The maximum absolute atomic E-state index is 11.5. The molecule has 1 aromatic heterocycles. The average molecular weight is 356 g/mol. The van der Waals surface area contributed by atoms with Crippen LogP contribution in [0.5, 0.6) is 11.6 Å². The molecule has 0 unspecified atom stereocenters. The highest BCUT2D eigenvalue weighted by molar-refractivity contribution is 14.1. The van der Waals surface area contributed by atoms with E-state index in [9.17, 15) is 4.79 Å². The van der Waals surface area contributed by atoms with E-state index >= 15 is 0 Å². The van der Waals surface area contributed by atoms with Crippen LogP contribution in [-0.4, -0.2) is 9.97 Å². The van der Waals surface area contributed by atoms with Gasteiger partial charge in [0.15, 0.2) is 0 Å². The molecule has 94 valence electrons. The monoisotopic (exact) mass is 356 g/mol. The van der Waals surface area contributed by atoms with Crippen molar-refractivity contribution in [2.45, 2.75) is 19.8 Å². The lowest BCUT2D eigenvalue weighted by Gasteiger charge is -2.08. The van der Waals surface area contributed by atoms with Gasteiger partial charge in [-0.2, -0.15) is 4.98 Å². The zero-order valence-corrected chi connectivity index (χ0v) is 12.3. The fourth-order valence-corrected chi connectivity index (χ4v) is 1.94. The maximum atomic E-state index is 11.5. The Kier molecular flexibility index (Phi) is 4.00. The molecule has 0 aliphatic heterocycles. The molecule has 1 N–H and O–H groups in total. The van der Waals surface area contributed by atoms with Crippen molar-refractivity contribution < 1.29 is 4.74 Å². The molecule has 4 nitrogen and oxygen atoms in total. The summed E-state index contributed by atoms with van der Waals surface area (Å²) in [6, 6.07) is 8.94. The Bertz CT molecular complexity index is 608. The van der Waals surface area contributed by atoms with Gasteiger partial charge in [-0.05, 0) is 40.8 Å². The molecule has 1 aromatic carbocycles. The highest BCUT2D eigenvalue weighted by atomic mass is 127. The van der Waals surface area contributed by atoms with E-state index in [1.54, 1.807) is 0 Å². The smallest absolute Gasteiger partial charge is 0.254 e. The summed E-state index contributed by atoms with van der Waals surface area (Å²) >= 11 is 2.20. The number of aromatic amines is 1. The van der Waals surface area contributed by atoms with E-state index < -0.39 is 0 Å². The van der Waals surface area contributed by atoms with Crippen molar-refractivity contribution in [2.75, 3.05) is 0 Å². The number of hydrogen-bond acceptors (Lipinski definition) is 3. The summed E-state index contributed by atoms with van der Waals surface area (Å²) in [6.45, 7) is 3.93. The molecule has 18 heavy (non-hydrogen) atoms. The summed E-state index contributed by atoms with van der Waals surface area (Å²) in [6.07, 6.45) is 0. The number of H-pyrrole nitrogens is 1. The largest absolute Gasteiger partial charge is 0.439 e. The van der Waals surface area contributed by atoms with Crippen LogP contribution in [0.25, 0.3) is 0 Å². The summed E-state index contributed by atoms with van der Waals surface area (Å²) in [5, 5.41) is 0. The van der Waals surface area contributed by atoms with E-state index in [1.807, 2.05) is 38.1 Å². The first-order valence-electron chi connectivity index (χ1n) is 5.59. The third kappa shape index (κ3) is 3.32. The van der Waals surface area contributed by atoms with E-state index in [4.69, 9.17) is 4.74 Å². The van der Waals surface area contributed by atoms with Crippen molar-refractivity contribution in [3.8, 4) is 11.6 Å². The lowest BCUT2D eigenvalue weighted by atomic mass is 10.2. The Morgan fingerprint density at radius 2 is 2.11 bits per heavy atom. The second kappa shape index (κ2) is 5.51. The third-order valence-electron chi connectivity index (χ3n) is 2.30. The normalized spacial score (nSPS) is 10.7. The van der Waals surface area contributed by atoms with Gasteiger partial charge in [0, 0.05) is 9.49 Å². The van der Waals surface area contributed by atoms with Gasteiger partial charge in [0.2, 0.25) is 5.88 Å². The molecular weight excluding hydrogens is 343 g/mol. The van der Waals surface area contributed by atoms with Gasteiger partial charge in [-0.15, -0.1) is 0 Å². The number of aromatic nitrogens is 2. The molecule has 0 bridgehead atoms. The van der Waals surface area contributed by atoms with Crippen LogP contribution < -0.4 is 10.3 Å². The van der Waals surface area contributed by atoms with E-state index in [0.29, 0.717) is 17.5 Å². The highest BCUT2D eigenvalue weighted by Gasteiger charge is 2.07. The van der Waals surface area contributed by atoms with Crippen LogP contribution in [0, 0.1) is 3.57 Å². The van der Waals surface area contributed by atoms with Crippen molar-refractivity contribution in [1.82, 2.24) is 9.97 Å². The minimum atomic E-state index is -0.200. The number of hydrogen-bond donors (Lipinski definition) is 1. The SMILES string of the molecule is CC(C)c1nc(Oc2cccc(I)c2)cc(=O)[nH]1. The minimum Gasteiger partial charge on any atom is -0.439 e. The van der Waals surface area contributed by atoms with Crippen LogP contribution in [-0.2, 0) is 0 Å².